The molecule has 164 valence electrons. The summed E-state index contributed by atoms with van der Waals surface area (Å²) in [5, 5.41) is 21.0. The summed E-state index contributed by atoms with van der Waals surface area (Å²) in [6, 6.07) is 14.1. The average molecular weight is 446 g/mol. The van der Waals surface area contributed by atoms with Crippen molar-refractivity contribution in [3.63, 3.8) is 0 Å². The molecule has 0 saturated carbocycles. The van der Waals surface area contributed by atoms with E-state index in [1.165, 1.54) is 24.3 Å². The molecule has 0 aliphatic carbocycles. The minimum atomic E-state index is -0.132. The average Bonchev–Trinajstić information content (AvgIpc) is 2.83. The van der Waals surface area contributed by atoms with Crippen LogP contribution in [-0.4, -0.2) is 10.2 Å². The van der Waals surface area contributed by atoms with Gasteiger partial charge in [-0.2, -0.15) is 0 Å². The van der Waals surface area contributed by atoms with Crippen molar-refractivity contribution in [2.75, 3.05) is 11.5 Å². The van der Waals surface area contributed by atoms with E-state index in [1.807, 2.05) is 0 Å². The molecule has 0 bridgehead atoms. The van der Waals surface area contributed by atoms with Crippen LogP contribution < -0.4 is 20.9 Å². The number of rotatable bonds is 4. The summed E-state index contributed by atoms with van der Waals surface area (Å²) >= 11 is 0. The Morgan fingerprint density at radius 2 is 1.24 bits per heavy atom. The van der Waals surface area contributed by atoms with E-state index >= 15 is 0 Å². The molecule has 0 heterocycles. The first-order valence-electron chi connectivity index (χ1n) is 9.92. The first-order chi connectivity index (χ1) is 16.4. The molecule has 0 aromatic heterocycles. The Hall–Kier alpha value is -5.38. The fraction of sp³-hybridized carbons (Fsp3) is 0. The fourth-order valence-electron chi connectivity index (χ4n) is 3.44. The van der Waals surface area contributed by atoms with Crippen LogP contribution in [0.5, 0.6) is 34.5 Å². The number of terminal acetylenes is 3. The van der Waals surface area contributed by atoms with Gasteiger partial charge in [-0.3, -0.25) is 0 Å². The Bertz CT molecular complexity index is 1580. The number of aromatic hydroxyl groups is 2. The number of hydrogen-bond donors (Lipinski definition) is 4. The van der Waals surface area contributed by atoms with Gasteiger partial charge in [0, 0.05) is 22.9 Å². The maximum atomic E-state index is 9.91. The summed E-state index contributed by atoms with van der Waals surface area (Å²) < 4.78 is 11.9. The number of phenolic OH excluding ortho intramolecular Hbond substituents is 2. The normalized spacial score (nSPS) is 10.1. The van der Waals surface area contributed by atoms with Crippen molar-refractivity contribution in [2.45, 2.75) is 0 Å². The third kappa shape index (κ3) is 3.82. The van der Waals surface area contributed by atoms with Gasteiger partial charge in [-0.1, -0.05) is 17.8 Å². The van der Waals surface area contributed by atoms with Crippen molar-refractivity contribution < 1.29 is 19.7 Å². The Morgan fingerprint density at radius 1 is 0.647 bits per heavy atom. The molecule has 4 aromatic rings. The number of hydrogen-bond acceptors (Lipinski definition) is 6. The maximum absolute atomic E-state index is 9.91. The lowest BCUT2D eigenvalue weighted by atomic mass is 9.95. The van der Waals surface area contributed by atoms with E-state index in [2.05, 4.69) is 17.8 Å². The van der Waals surface area contributed by atoms with Crippen molar-refractivity contribution in [1.29, 1.82) is 0 Å². The smallest absolute Gasteiger partial charge is 0.159 e. The molecule has 6 heteroatoms. The van der Waals surface area contributed by atoms with Gasteiger partial charge in [-0.25, -0.2) is 0 Å². The summed E-state index contributed by atoms with van der Waals surface area (Å²) in [4.78, 5) is 0. The van der Waals surface area contributed by atoms with Gasteiger partial charge in [0.25, 0.3) is 0 Å². The Morgan fingerprint density at radius 3 is 1.76 bits per heavy atom. The summed E-state index contributed by atoms with van der Waals surface area (Å²) in [6.45, 7) is 0. The van der Waals surface area contributed by atoms with Gasteiger partial charge in [-0.15, -0.1) is 19.3 Å². The van der Waals surface area contributed by atoms with Crippen molar-refractivity contribution in [3.05, 3.63) is 71.3 Å². The third-order valence-corrected chi connectivity index (χ3v) is 5.13. The number of nitrogens with two attached hydrogens (primary N) is 2. The highest BCUT2D eigenvalue weighted by molar-refractivity contribution is 5.98. The first kappa shape index (κ1) is 21.8. The molecule has 0 radical (unpaired) electrons. The van der Waals surface area contributed by atoms with Crippen LogP contribution >= 0.6 is 0 Å². The third-order valence-electron chi connectivity index (χ3n) is 5.13. The van der Waals surface area contributed by atoms with Crippen molar-refractivity contribution in [1.82, 2.24) is 0 Å². The van der Waals surface area contributed by atoms with E-state index < -0.39 is 0 Å². The first-order valence-corrected chi connectivity index (χ1v) is 9.92. The predicted octanol–water partition coefficient (Wildman–Crippen LogP) is 4.94. The van der Waals surface area contributed by atoms with Crippen molar-refractivity contribution in [3.8, 4) is 71.5 Å². The van der Waals surface area contributed by atoms with E-state index in [1.54, 1.807) is 30.3 Å². The van der Waals surface area contributed by atoms with E-state index in [-0.39, 0.29) is 28.6 Å². The van der Waals surface area contributed by atoms with Crippen LogP contribution in [0.1, 0.15) is 16.7 Å². The molecule has 4 aromatic carbocycles. The molecule has 0 fully saturated rings. The second-order valence-corrected chi connectivity index (χ2v) is 7.24. The molecule has 6 nitrogen and oxygen atoms in total. The lowest BCUT2D eigenvalue weighted by Crippen LogP contribution is -1.97. The summed E-state index contributed by atoms with van der Waals surface area (Å²) in [7, 11) is 0. The van der Waals surface area contributed by atoms with Crippen LogP contribution in [0.4, 0.5) is 11.4 Å². The highest BCUT2D eigenvalue weighted by Crippen LogP contribution is 2.40. The Labute approximate surface area is 196 Å². The molecular formula is C28H18N2O4. The zero-order valence-electron chi connectivity index (χ0n) is 17.8. The van der Waals surface area contributed by atoms with Gasteiger partial charge in [0.05, 0.1) is 28.1 Å². The number of benzene rings is 4. The standard InChI is InChI=1S/C28H18N2O4/c1-4-16-13-22-19(5-2)27(33-17-7-10-23(29)25(31)14-17)12-9-21(22)20(6-3)28(16)34-18-8-11-24(30)26(32)15-18/h1-3,7-15,31-32H,29-30H2. The Balaban J connectivity index is 1.87. The molecule has 0 saturated heterocycles. The maximum Gasteiger partial charge on any atom is 0.159 e. The van der Waals surface area contributed by atoms with Gasteiger partial charge < -0.3 is 31.2 Å². The lowest BCUT2D eigenvalue weighted by Gasteiger charge is -2.16. The molecule has 0 amide bonds. The monoisotopic (exact) mass is 446 g/mol. The van der Waals surface area contributed by atoms with E-state index in [0.29, 0.717) is 44.7 Å². The highest BCUT2D eigenvalue weighted by Gasteiger charge is 2.18. The lowest BCUT2D eigenvalue weighted by molar-refractivity contribution is 0.455. The minimum Gasteiger partial charge on any atom is -0.506 e. The van der Waals surface area contributed by atoms with Gasteiger partial charge in [-0.05, 0) is 42.5 Å². The van der Waals surface area contributed by atoms with Crippen LogP contribution in [0.15, 0.2) is 54.6 Å². The number of anilines is 2. The fourth-order valence-corrected chi connectivity index (χ4v) is 3.44. The van der Waals surface area contributed by atoms with Crippen LogP contribution in [-0.2, 0) is 0 Å². The van der Waals surface area contributed by atoms with Crippen molar-refractivity contribution in [2.24, 2.45) is 0 Å². The number of ether oxygens (including phenoxy) is 2. The van der Waals surface area contributed by atoms with Gasteiger partial charge in [0.1, 0.15) is 28.7 Å². The topological polar surface area (TPSA) is 111 Å². The molecule has 0 atom stereocenters. The molecule has 34 heavy (non-hydrogen) atoms. The molecule has 6 N–H and O–H groups in total. The van der Waals surface area contributed by atoms with Gasteiger partial charge >= 0.3 is 0 Å². The van der Waals surface area contributed by atoms with Crippen LogP contribution in [0.3, 0.4) is 0 Å². The van der Waals surface area contributed by atoms with E-state index in [0.717, 1.165) is 0 Å². The second kappa shape index (κ2) is 8.63. The second-order valence-electron chi connectivity index (χ2n) is 7.24. The molecule has 0 spiro atoms. The Kier molecular flexibility index (Phi) is 5.54. The van der Waals surface area contributed by atoms with E-state index in [9.17, 15) is 10.2 Å². The zero-order chi connectivity index (χ0) is 24.4. The number of fused-ring (bicyclic) bond motifs is 1. The molecule has 0 aliphatic heterocycles. The summed E-state index contributed by atoms with van der Waals surface area (Å²) in [5.74, 6) is 8.88. The molecule has 4 rings (SSSR count). The highest BCUT2D eigenvalue weighted by atomic mass is 16.5. The quantitative estimate of drug-likeness (QED) is 0.201. The van der Waals surface area contributed by atoms with Crippen LogP contribution in [0.25, 0.3) is 10.8 Å². The van der Waals surface area contributed by atoms with E-state index in [4.69, 9.17) is 40.2 Å². The van der Waals surface area contributed by atoms with Gasteiger partial charge in [0.2, 0.25) is 0 Å². The number of nitrogen functional groups attached to an aromatic ring is 2. The number of phenols is 2. The minimum absolute atomic E-state index is 0.111. The summed E-state index contributed by atoms with van der Waals surface area (Å²) in [6.07, 6.45) is 17.4. The van der Waals surface area contributed by atoms with Gasteiger partial charge in [0.15, 0.2) is 5.75 Å². The summed E-state index contributed by atoms with van der Waals surface area (Å²) in [5.41, 5.74) is 12.9. The van der Waals surface area contributed by atoms with Crippen molar-refractivity contribution >= 4 is 22.1 Å². The van der Waals surface area contributed by atoms with Crippen LogP contribution in [0, 0.1) is 37.0 Å². The molecule has 0 unspecified atom stereocenters. The molecule has 0 aliphatic rings. The SMILES string of the molecule is C#Cc1cc2c(C#C)c(Oc3ccc(N)c(O)c3)ccc2c(C#C)c1Oc1ccc(N)c(O)c1. The van der Waals surface area contributed by atoms with Crippen LogP contribution in [0.2, 0.25) is 0 Å². The zero-order valence-corrected chi connectivity index (χ0v) is 17.8. The molecular weight excluding hydrogens is 428 g/mol. The predicted molar refractivity (Wildman–Crippen MR) is 133 cm³/mol. The largest absolute Gasteiger partial charge is 0.506 e.